The third-order valence-corrected chi connectivity index (χ3v) is 3.79. The van der Waals surface area contributed by atoms with Crippen LogP contribution in [0.4, 0.5) is 0 Å². The second-order valence-electron chi connectivity index (χ2n) is 4.84. The van der Waals surface area contributed by atoms with Gasteiger partial charge in [-0.2, -0.15) is 0 Å². The predicted molar refractivity (Wildman–Crippen MR) is 82.1 cm³/mol. The Morgan fingerprint density at radius 1 is 1.20 bits per heavy atom. The normalized spacial score (nSPS) is 12.4. The number of aromatic nitrogens is 1. The molecule has 0 aliphatic heterocycles. The van der Waals surface area contributed by atoms with Crippen molar-refractivity contribution in [1.29, 1.82) is 0 Å². The minimum atomic E-state index is -0.240. The van der Waals surface area contributed by atoms with Crippen molar-refractivity contribution in [3.05, 3.63) is 57.3 Å². The molecule has 1 unspecified atom stereocenters. The molecule has 0 spiro atoms. The standard InChI is InChI=1S/C16H18ClNO2/c1-3-11(2)18-15(9-6-13(10-19)16(18)20)12-4-7-14(17)8-5-12/h4-9,11,19H,3,10H2,1-2H3. The summed E-state index contributed by atoms with van der Waals surface area (Å²) < 4.78 is 1.74. The number of pyridine rings is 1. The molecular weight excluding hydrogens is 274 g/mol. The molecule has 1 atom stereocenters. The van der Waals surface area contributed by atoms with Gasteiger partial charge in [-0.25, -0.2) is 0 Å². The van der Waals surface area contributed by atoms with Crippen molar-refractivity contribution in [2.45, 2.75) is 32.9 Å². The van der Waals surface area contributed by atoms with Crippen LogP contribution in [-0.4, -0.2) is 9.67 Å². The Bertz CT molecular complexity index is 647. The summed E-state index contributed by atoms with van der Waals surface area (Å²) in [6, 6.07) is 11.0. The first-order chi connectivity index (χ1) is 9.58. The van der Waals surface area contributed by atoms with Gasteiger partial charge in [-0.1, -0.05) is 30.7 Å². The number of halogens is 1. The second kappa shape index (κ2) is 6.25. The first-order valence-corrected chi connectivity index (χ1v) is 7.07. The molecule has 20 heavy (non-hydrogen) atoms. The summed E-state index contributed by atoms with van der Waals surface area (Å²) in [5.41, 5.74) is 2.08. The van der Waals surface area contributed by atoms with Crippen LogP contribution in [0.2, 0.25) is 5.02 Å². The van der Waals surface area contributed by atoms with E-state index in [1.54, 1.807) is 10.6 Å². The quantitative estimate of drug-likeness (QED) is 0.934. The minimum Gasteiger partial charge on any atom is -0.391 e. The van der Waals surface area contributed by atoms with E-state index in [9.17, 15) is 9.90 Å². The highest BCUT2D eigenvalue weighted by molar-refractivity contribution is 6.30. The maximum absolute atomic E-state index is 12.4. The monoisotopic (exact) mass is 291 g/mol. The van der Waals surface area contributed by atoms with Crippen molar-refractivity contribution < 1.29 is 5.11 Å². The maximum Gasteiger partial charge on any atom is 0.256 e. The van der Waals surface area contributed by atoms with Gasteiger partial charge in [0.25, 0.3) is 5.56 Å². The SMILES string of the molecule is CCC(C)n1c(-c2ccc(Cl)cc2)ccc(CO)c1=O. The van der Waals surface area contributed by atoms with Crippen LogP contribution < -0.4 is 5.56 Å². The van der Waals surface area contributed by atoms with E-state index in [-0.39, 0.29) is 18.2 Å². The number of aliphatic hydroxyl groups excluding tert-OH is 1. The fourth-order valence-electron chi connectivity index (χ4n) is 2.19. The number of hydrogen-bond acceptors (Lipinski definition) is 2. The lowest BCUT2D eigenvalue weighted by Crippen LogP contribution is -2.27. The summed E-state index contributed by atoms with van der Waals surface area (Å²) in [7, 11) is 0. The Kier molecular flexibility index (Phi) is 4.63. The van der Waals surface area contributed by atoms with Gasteiger partial charge in [0.1, 0.15) is 0 Å². The molecule has 0 saturated carbocycles. The molecule has 0 fully saturated rings. The Hall–Kier alpha value is -1.58. The van der Waals surface area contributed by atoms with Crippen LogP contribution in [0.3, 0.4) is 0 Å². The van der Waals surface area contributed by atoms with E-state index < -0.39 is 0 Å². The zero-order valence-corrected chi connectivity index (χ0v) is 12.4. The number of aliphatic hydroxyl groups is 1. The molecule has 1 aromatic carbocycles. The summed E-state index contributed by atoms with van der Waals surface area (Å²) in [4.78, 5) is 12.4. The van der Waals surface area contributed by atoms with E-state index in [4.69, 9.17) is 11.6 Å². The van der Waals surface area contributed by atoms with Gasteiger partial charge in [0.05, 0.1) is 12.3 Å². The van der Waals surface area contributed by atoms with Crippen LogP contribution in [-0.2, 0) is 6.61 Å². The Balaban J connectivity index is 2.66. The van der Waals surface area contributed by atoms with Crippen LogP contribution >= 0.6 is 11.6 Å². The van der Waals surface area contributed by atoms with Gasteiger partial charge >= 0.3 is 0 Å². The maximum atomic E-state index is 12.4. The molecule has 2 rings (SSSR count). The molecule has 0 aliphatic carbocycles. The highest BCUT2D eigenvalue weighted by Gasteiger charge is 2.14. The van der Waals surface area contributed by atoms with Gasteiger partial charge in [0.15, 0.2) is 0 Å². The molecule has 0 amide bonds. The van der Waals surface area contributed by atoms with E-state index in [0.29, 0.717) is 10.6 Å². The summed E-state index contributed by atoms with van der Waals surface area (Å²) in [5.74, 6) is 0. The molecule has 0 aliphatic rings. The van der Waals surface area contributed by atoms with Crippen molar-refractivity contribution in [2.24, 2.45) is 0 Å². The highest BCUT2D eigenvalue weighted by atomic mass is 35.5. The zero-order valence-electron chi connectivity index (χ0n) is 11.6. The fraction of sp³-hybridized carbons (Fsp3) is 0.312. The molecule has 2 aromatic rings. The molecule has 106 valence electrons. The molecular formula is C16H18ClNO2. The first kappa shape index (κ1) is 14.8. The van der Waals surface area contributed by atoms with Crippen LogP contribution in [0.1, 0.15) is 31.9 Å². The molecule has 1 N–H and O–H groups in total. The van der Waals surface area contributed by atoms with Crippen LogP contribution in [0.25, 0.3) is 11.3 Å². The molecule has 4 heteroatoms. The van der Waals surface area contributed by atoms with Gasteiger partial charge in [0, 0.05) is 16.6 Å². The molecule has 1 heterocycles. The highest BCUT2D eigenvalue weighted by Crippen LogP contribution is 2.24. The number of hydrogen-bond donors (Lipinski definition) is 1. The summed E-state index contributed by atoms with van der Waals surface area (Å²) in [5, 5.41) is 9.93. The van der Waals surface area contributed by atoms with E-state index in [2.05, 4.69) is 0 Å². The van der Waals surface area contributed by atoms with E-state index in [1.165, 1.54) is 0 Å². The Morgan fingerprint density at radius 3 is 2.40 bits per heavy atom. The van der Waals surface area contributed by atoms with Crippen LogP contribution in [0.15, 0.2) is 41.2 Å². The fourth-order valence-corrected chi connectivity index (χ4v) is 2.32. The minimum absolute atomic E-state index is 0.0691. The number of benzene rings is 1. The largest absolute Gasteiger partial charge is 0.391 e. The molecule has 0 radical (unpaired) electrons. The smallest absolute Gasteiger partial charge is 0.256 e. The van der Waals surface area contributed by atoms with Crippen molar-refractivity contribution in [3.63, 3.8) is 0 Å². The van der Waals surface area contributed by atoms with Gasteiger partial charge in [0.2, 0.25) is 0 Å². The lowest BCUT2D eigenvalue weighted by atomic mass is 10.1. The second-order valence-corrected chi connectivity index (χ2v) is 5.28. The first-order valence-electron chi connectivity index (χ1n) is 6.69. The van der Waals surface area contributed by atoms with E-state index >= 15 is 0 Å². The van der Waals surface area contributed by atoms with Gasteiger partial charge in [-0.3, -0.25) is 4.79 Å². The van der Waals surface area contributed by atoms with Gasteiger partial charge in [-0.15, -0.1) is 0 Å². The zero-order chi connectivity index (χ0) is 14.7. The Labute approximate surface area is 123 Å². The number of rotatable bonds is 4. The predicted octanol–water partition coefficient (Wildman–Crippen LogP) is 3.63. The average molecular weight is 292 g/mol. The molecule has 3 nitrogen and oxygen atoms in total. The van der Waals surface area contributed by atoms with Gasteiger partial charge in [-0.05, 0) is 43.2 Å². The third-order valence-electron chi connectivity index (χ3n) is 3.54. The van der Waals surface area contributed by atoms with Crippen molar-refractivity contribution in [2.75, 3.05) is 0 Å². The van der Waals surface area contributed by atoms with Crippen molar-refractivity contribution >= 4 is 11.6 Å². The lowest BCUT2D eigenvalue weighted by Gasteiger charge is -2.19. The molecule has 0 bridgehead atoms. The lowest BCUT2D eigenvalue weighted by molar-refractivity contribution is 0.278. The summed E-state index contributed by atoms with van der Waals surface area (Å²) in [6.45, 7) is 3.80. The molecule has 1 aromatic heterocycles. The van der Waals surface area contributed by atoms with E-state index in [1.807, 2.05) is 44.2 Å². The average Bonchev–Trinajstić information content (AvgIpc) is 2.47. The Morgan fingerprint density at radius 2 is 1.85 bits per heavy atom. The number of nitrogens with zero attached hydrogens (tertiary/aromatic N) is 1. The van der Waals surface area contributed by atoms with Gasteiger partial charge < -0.3 is 9.67 Å². The van der Waals surface area contributed by atoms with E-state index in [0.717, 1.165) is 17.7 Å². The van der Waals surface area contributed by atoms with Crippen LogP contribution in [0.5, 0.6) is 0 Å². The van der Waals surface area contributed by atoms with Crippen molar-refractivity contribution in [1.82, 2.24) is 4.57 Å². The topological polar surface area (TPSA) is 42.2 Å². The van der Waals surface area contributed by atoms with Crippen LogP contribution in [0, 0.1) is 0 Å². The molecule has 0 saturated heterocycles. The summed E-state index contributed by atoms with van der Waals surface area (Å²) >= 11 is 5.91. The van der Waals surface area contributed by atoms with Crippen molar-refractivity contribution in [3.8, 4) is 11.3 Å². The summed E-state index contributed by atoms with van der Waals surface area (Å²) in [6.07, 6.45) is 0.843. The third kappa shape index (κ3) is 2.79.